The Kier molecular flexibility index (Phi) is 4.21. The molecular weight excluding hydrogens is 272 g/mol. The van der Waals surface area contributed by atoms with E-state index in [9.17, 15) is 4.79 Å². The summed E-state index contributed by atoms with van der Waals surface area (Å²) in [6, 6.07) is 0.408. The minimum absolute atomic E-state index is 0.333. The summed E-state index contributed by atoms with van der Waals surface area (Å²) in [6.07, 6.45) is 5.24. The van der Waals surface area contributed by atoms with Gasteiger partial charge in [0.2, 0.25) is 5.91 Å². The third-order valence-electron chi connectivity index (χ3n) is 4.12. The van der Waals surface area contributed by atoms with Crippen molar-refractivity contribution < 1.29 is 4.79 Å². The van der Waals surface area contributed by atoms with Gasteiger partial charge in [0.05, 0.1) is 5.69 Å². The number of carbonyl (C=O) groups excluding carboxylic acids is 1. The zero-order chi connectivity index (χ0) is 13.9. The molecule has 110 valence electrons. The molecule has 1 aliphatic carbocycles. The molecule has 6 heteroatoms. The third-order valence-corrected chi connectivity index (χ3v) is 4.85. The number of carbonyl (C=O) groups is 1. The van der Waals surface area contributed by atoms with Gasteiger partial charge >= 0.3 is 0 Å². The molecule has 2 fully saturated rings. The van der Waals surface area contributed by atoms with Crippen molar-refractivity contribution in [3.05, 3.63) is 11.1 Å². The Morgan fingerprint density at radius 2 is 2.25 bits per heavy atom. The fourth-order valence-electron chi connectivity index (χ4n) is 2.70. The van der Waals surface area contributed by atoms with E-state index in [1.54, 1.807) is 0 Å². The monoisotopic (exact) mass is 294 g/mol. The number of likely N-dealkylation sites (tertiary alicyclic amines) is 1. The summed E-state index contributed by atoms with van der Waals surface area (Å²) in [6.45, 7) is 2.62. The number of nitrogens with zero attached hydrogens (tertiary/aromatic N) is 2. The first-order valence-corrected chi connectivity index (χ1v) is 8.29. The number of amides is 1. The largest absolute Gasteiger partial charge is 0.375 e. The number of hydrogen-bond acceptors (Lipinski definition) is 5. The number of nitrogen functional groups attached to an aromatic ring is 1. The summed E-state index contributed by atoms with van der Waals surface area (Å²) in [5.74, 6) is 1.11. The lowest BCUT2D eigenvalue weighted by Crippen LogP contribution is -2.33. The molecule has 20 heavy (non-hydrogen) atoms. The van der Waals surface area contributed by atoms with Crippen molar-refractivity contribution in [2.45, 2.75) is 44.7 Å². The first-order chi connectivity index (χ1) is 9.70. The molecule has 2 aliphatic rings. The van der Waals surface area contributed by atoms with E-state index in [1.165, 1.54) is 24.2 Å². The van der Waals surface area contributed by atoms with Crippen molar-refractivity contribution in [1.82, 2.24) is 15.2 Å². The van der Waals surface area contributed by atoms with Crippen molar-refractivity contribution in [3.8, 4) is 0 Å². The first kappa shape index (κ1) is 13.8. The standard InChI is InChI=1S/C14H22N4OS/c15-14-17-12(9-20-14)7-16-11-3-4-13(19)18(6-5-11)8-10-1-2-10/h9-11,16H,1-8H2,(H2,15,17). The van der Waals surface area contributed by atoms with Gasteiger partial charge in [0.1, 0.15) is 0 Å². The van der Waals surface area contributed by atoms with Gasteiger partial charge < -0.3 is 16.0 Å². The van der Waals surface area contributed by atoms with Crippen LogP contribution in [0.1, 0.15) is 37.8 Å². The second-order valence-electron chi connectivity index (χ2n) is 5.87. The summed E-state index contributed by atoms with van der Waals surface area (Å²) in [5.41, 5.74) is 6.63. The third kappa shape index (κ3) is 3.70. The second kappa shape index (κ2) is 6.10. The zero-order valence-electron chi connectivity index (χ0n) is 11.7. The molecule has 1 saturated heterocycles. The predicted molar refractivity (Wildman–Crippen MR) is 80.3 cm³/mol. The first-order valence-electron chi connectivity index (χ1n) is 7.42. The summed E-state index contributed by atoms with van der Waals surface area (Å²) in [7, 11) is 0. The highest BCUT2D eigenvalue weighted by atomic mass is 32.1. The van der Waals surface area contributed by atoms with E-state index in [0.717, 1.165) is 44.1 Å². The molecule has 0 bridgehead atoms. The number of hydrogen-bond donors (Lipinski definition) is 2. The van der Waals surface area contributed by atoms with E-state index in [4.69, 9.17) is 5.73 Å². The SMILES string of the molecule is Nc1nc(CNC2CCC(=O)N(CC3CC3)CC2)cs1. The van der Waals surface area contributed by atoms with Crippen LogP contribution in [0, 0.1) is 5.92 Å². The van der Waals surface area contributed by atoms with Crippen LogP contribution in [0.15, 0.2) is 5.38 Å². The molecule has 1 unspecified atom stereocenters. The summed E-state index contributed by atoms with van der Waals surface area (Å²) in [4.78, 5) is 18.4. The van der Waals surface area contributed by atoms with E-state index < -0.39 is 0 Å². The number of rotatable bonds is 5. The van der Waals surface area contributed by atoms with Crippen LogP contribution in [0.4, 0.5) is 5.13 Å². The van der Waals surface area contributed by atoms with Gasteiger partial charge in [0.15, 0.2) is 5.13 Å². The summed E-state index contributed by atoms with van der Waals surface area (Å²) >= 11 is 1.47. The lowest BCUT2D eigenvalue weighted by molar-refractivity contribution is -0.130. The van der Waals surface area contributed by atoms with Crippen LogP contribution >= 0.6 is 11.3 Å². The minimum Gasteiger partial charge on any atom is -0.375 e. The molecule has 1 amide bonds. The molecular formula is C14H22N4OS. The second-order valence-corrected chi connectivity index (χ2v) is 6.76. The average Bonchev–Trinajstić information content (AvgIpc) is 3.18. The van der Waals surface area contributed by atoms with Crippen LogP contribution in [0.25, 0.3) is 0 Å². The van der Waals surface area contributed by atoms with Crippen molar-refractivity contribution in [1.29, 1.82) is 0 Å². The average molecular weight is 294 g/mol. The molecule has 3 N–H and O–H groups in total. The molecule has 0 radical (unpaired) electrons. The Morgan fingerprint density at radius 1 is 1.40 bits per heavy atom. The van der Waals surface area contributed by atoms with E-state index >= 15 is 0 Å². The van der Waals surface area contributed by atoms with Gasteiger partial charge in [-0.25, -0.2) is 4.98 Å². The molecule has 1 saturated carbocycles. The van der Waals surface area contributed by atoms with Crippen molar-refractivity contribution in [2.24, 2.45) is 5.92 Å². The normalized spacial score (nSPS) is 23.9. The van der Waals surface area contributed by atoms with Gasteiger partial charge in [0.25, 0.3) is 0 Å². The van der Waals surface area contributed by atoms with Gasteiger partial charge in [0, 0.05) is 37.5 Å². The van der Waals surface area contributed by atoms with E-state index in [-0.39, 0.29) is 0 Å². The summed E-state index contributed by atoms with van der Waals surface area (Å²) in [5, 5.41) is 6.12. The quantitative estimate of drug-likeness (QED) is 0.865. The Hall–Kier alpha value is -1.14. The lowest BCUT2D eigenvalue weighted by atomic mass is 10.1. The maximum Gasteiger partial charge on any atom is 0.222 e. The fourth-order valence-corrected chi connectivity index (χ4v) is 3.26. The van der Waals surface area contributed by atoms with Gasteiger partial charge in [-0.15, -0.1) is 11.3 Å². The molecule has 2 heterocycles. The topological polar surface area (TPSA) is 71.2 Å². The van der Waals surface area contributed by atoms with E-state index in [0.29, 0.717) is 23.5 Å². The molecule has 3 rings (SSSR count). The van der Waals surface area contributed by atoms with Crippen LogP contribution in [-0.4, -0.2) is 34.9 Å². The molecule has 1 aromatic rings. The van der Waals surface area contributed by atoms with Crippen LogP contribution in [0.3, 0.4) is 0 Å². The van der Waals surface area contributed by atoms with Crippen molar-refractivity contribution in [2.75, 3.05) is 18.8 Å². The molecule has 1 aliphatic heterocycles. The van der Waals surface area contributed by atoms with Gasteiger partial charge in [-0.2, -0.15) is 0 Å². The highest BCUT2D eigenvalue weighted by Crippen LogP contribution is 2.30. The smallest absolute Gasteiger partial charge is 0.222 e. The van der Waals surface area contributed by atoms with Crippen LogP contribution in [-0.2, 0) is 11.3 Å². The number of thiazole rings is 1. The van der Waals surface area contributed by atoms with Gasteiger partial charge in [-0.05, 0) is 31.6 Å². The Balaban J connectivity index is 1.47. The zero-order valence-corrected chi connectivity index (χ0v) is 12.5. The van der Waals surface area contributed by atoms with Crippen molar-refractivity contribution >= 4 is 22.4 Å². The predicted octanol–water partition coefficient (Wildman–Crippen LogP) is 1.61. The van der Waals surface area contributed by atoms with Crippen LogP contribution in [0.5, 0.6) is 0 Å². The van der Waals surface area contributed by atoms with Gasteiger partial charge in [-0.3, -0.25) is 4.79 Å². The van der Waals surface area contributed by atoms with E-state index in [2.05, 4.69) is 15.2 Å². The minimum atomic E-state index is 0.333. The van der Waals surface area contributed by atoms with Gasteiger partial charge in [-0.1, -0.05) is 0 Å². The maximum atomic E-state index is 12.1. The Morgan fingerprint density at radius 3 is 2.95 bits per heavy atom. The summed E-state index contributed by atoms with van der Waals surface area (Å²) < 4.78 is 0. The highest BCUT2D eigenvalue weighted by molar-refractivity contribution is 7.13. The lowest BCUT2D eigenvalue weighted by Gasteiger charge is -2.20. The highest BCUT2D eigenvalue weighted by Gasteiger charge is 2.29. The van der Waals surface area contributed by atoms with Crippen LogP contribution in [0.2, 0.25) is 0 Å². The van der Waals surface area contributed by atoms with Crippen molar-refractivity contribution in [3.63, 3.8) is 0 Å². The molecule has 0 aromatic carbocycles. The van der Waals surface area contributed by atoms with E-state index in [1.807, 2.05) is 5.38 Å². The molecule has 1 atom stereocenters. The molecule has 1 aromatic heterocycles. The molecule has 0 spiro atoms. The molecule has 5 nitrogen and oxygen atoms in total. The maximum absolute atomic E-state index is 12.1. The fraction of sp³-hybridized carbons (Fsp3) is 0.714. The number of nitrogens with two attached hydrogens (primary N) is 1. The Labute approximate surface area is 123 Å². The Bertz CT molecular complexity index is 471. The van der Waals surface area contributed by atoms with Crippen LogP contribution < -0.4 is 11.1 Å². The number of aromatic nitrogens is 1. The number of anilines is 1. The number of nitrogens with one attached hydrogen (secondary N) is 1.